The van der Waals surface area contributed by atoms with Gasteiger partial charge in [-0.1, -0.05) is 19.8 Å². The lowest BCUT2D eigenvalue weighted by Crippen LogP contribution is -2.40. The van der Waals surface area contributed by atoms with Gasteiger partial charge in [0.2, 0.25) is 0 Å². The van der Waals surface area contributed by atoms with E-state index in [1.165, 1.54) is 19.3 Å². The Labute approximate surface area is 115 Å². The smallest absolute Gasteiger partial charge is 0.134 e. The third-order valence-corrected chi connectivity index (χ3v) is 3.60. The fraction of sp³-hybridized carbons (Fsp3) is 0.714. The van der Waals surface area contributed by atoms with Crippen LogP contribution in [0.1, 0.15) is 39.0 Å². The van der Waals surface area contributed by atoms with E-state index < -0.39 is 0 Å². The number of hydrogen-bond donors (Lipinski definition) is 2. The molecule has 0 aliphatic carbocycles. The Balaban J connectivity index is 1.87. The third-order valence-electron chi connectivity index (χ3n) is 3.60. The highest BCUT2D eigenvalue weighted by molar-refractivity contribution is 5.48. The monoisotopic (exact) mass is 263 g/mol. The maximum Gasteiger partial charge on any atom is 0.134 e. The van der Waals surface area contributed by atoms with Crippen LogP contribution in [0.25, 0.3) is 0 Å². The number of nitrogens with two attached hydrogens (primary N) is 1. The Morgan fingerprint density at radius 1 is 1.32 bits per heavy atom. The van der Waals surface area contributed by atoms with Gasteiger partial charge in [0.25, 0.3) is 0 Å². The van der Waals surface area contributed by atoms with Crippen molar-refractivity contribution in [3.63, 3.8) is 0 Å². The molecule has 1 aliphatic heterocycles. The van der Waals surface area contributed by atoms with Crippen molar-refractivity contribution in [2.24, 2.45) is 5.73 Å². The molecule has 0 spiro atoms. The van der Waals surface area contributed by atoms with Crippen LogP contribution in [0, 0.1) is 0 Å². The lowest BCUT2D eigenvalue weighted by atomic mass is 10.1. The number of rotatable bonds is 6. The van der Waals surface area contributed by atoms with Crippen LogP contribution >= 0.6 is 0 Å². The predicted octanol–water partition coefficient (Wildman–Crippen LogP) is 2.01. The average Bonchev–Trinajstić information content (AvgIpc) is 2.45. The minimum atomic E-state index is 0.352. The molecule has 0 atom stereocenters. The highest BCUT2D eigenvalue weighted by Gasteiger charge is 2.17. The quantitative estimate of drug-likeness (QED) is 0.768. The van der Waals surface area contributed by atoms with Gasteiger partial charge in [-0.15, -0.1) is 0 Å². The van der Waals surface area contributed by atoms with E-state index in [1.807, 2.05) is 6.07 Å². The highest BCUT2D eigenvalue weighted by Crippen LogP contribution is 2.18. The molecule has 1 saturated heterocycles. The summed E-state index contributed by atoms with van der Waals surface area (Å²) in [6, 6.07) is 2.40. The molecule has 0 radical (unpaired) electrons. The molecule has 0 aromatic carbocycles. The zero-order valence-corrected chi connectivity index (χ0v) is 11.8. The summed E-state index contributed by atoms with van der Waals surface area (Å²) < 4.78 is 0. The molecule has 1 aliphatic rings. The fourth-order valence-electron chi connectivity index (χ4n) is 2.34. The minimum absolute atomic E-state index is 0.352. The largest absolute Gasteiger partial charge is 0.370 e. The van der Waals surface area contributed by atoms with Crippen LogP contribution < -0.4 is 16.0 Å². The van der Waals surface area contributed by atoms with Crippen molar-refractivity contribution in [2.75, 3.05) is 29.9 Å². The first kappa shape index (κ1) is 14.1. The standard InChI is InChI=1S/C14H25N5/c1-2-3-4-7-16-13-10-14(18-11-17-13)19-8-5-12(15)6-9-19/h10-12H,2-9,15H2,1H3,(H,16,17,18). The molecular weight excluding hydrogens is 238 g/mol. The molecule has 0 saturated carbocycles. The Kier molecular flexibility index (Phi) is 5.39. The van der Waals surface area contributed by atoms with Gasteiger partial charge in [-0.25, -0.2) is 9.97 Å². The van der Waals surface area contributed by atoms with Crippen LogP contribution in [0.5, 0.6) is 0 Å². The molecular formula is C14H25N5. The minimum Gasteiger partial charge on any atom is -0.370 e. The molecule has 1 aromatic heterocycles. The van der Waals surface area contributed by atoms with Crippen LogP contribution in [0.4, 0.5) is 11.6 Å². The molecule has 0 bridgehead atoms. The summed E-state index contributed by atoms with van der Waals surface area (Å²) in [4.78, 5) is 10.9. The van der Waals surface area contributed by atoms with E-state index in [4.69, 9.17) is 5.73 Å². The van der Waals surface area contributed by atoms with Crippen molar-refractivity contribution in [1.82, 2.24) is 9.97 Å². The summed E-state index contributed by atoms with van der Waals surface area (Å²) in [5, 5.41) is 3.37. The molecule has 106 valence electrons. The maximum absolute atomic E-state index is 5.93. The SMILES string of the molecule is CCCCCNc1cc(N2CCC(N)CC2)ncn1. The average molecular weight is 263 g/mol. The van der Waals surface area contributed by atoms with Gasteiger partial charge in [0, 0.05) is 31.7 Å². The summed E-state index contributed by atoms with van der Waals surface area (Å²) in [5.41, 5.74) is 5.93. The van der Waals surface area contributed by atoms with Gasteiger partial charge in [-0.05, 0) is 19.3 Å². The summed E-state index contributed by atoms with van der Waals surface area (Å²) >= 11 is 0. The van der Waals surface area contributed by atoms with E-state index in [-0.39, 0.29) is 0 Å². The first-order valence-electron chi connectivity index (χ1n) is 7.36. The van der Waals surface area contributed by atoms with Gasteiger partial charge < -0.3 is 16.0 Å². The van der Waals surface area contributed by atoms with Gasteiger partial charge in [-0.3, -0.25) is 0 Å². The molecule has 1 fully saturated rings. The first-order chi connectivity index (χ1) is 9.29. The summed E-state index contributed by atoms with van der Waals surface area (Å²) in [6.07, 6.45) is 7.42. The molecule has 2 rings (SSSR count). The van der Waals surface area contributed by atoms with Crippen molar-refractivity contribution in [1.29, 1.82) is 0 Å². The number of anilines is 2. The van der Waals surface area contributed by atoms with Gasteiger partial charge in [0.15, 0.2) is 0 Å². The molecule has 19 heavy (non-hydrogen) atoms. The van der Waals surface area contributed by atoms with E-state index in [0.717, 1.165) is 44.1 Å². The summed E-state index contributed by atoms with van der Waals surface area (Å²) in [6.45, 7) is 5.18. The first-order valence-corrected chi connectivity index (χ1v) is 7.36. The second kappa shape index (κ2) is 7.28. The maximum atomic E-state index is 5.93. The number of nitrogens with one attached hydrogen (secondary N) is 1. The normalized spacial score (nSPS) is 16.6. The van der Waals surface area contributed by atoms with Crippen molar-refractivity contribution >= 4 is 11.6 Å². The topological polar surface area (TPSA) is 67.1 Å². The molecule has 5 heteroatoms. The van der Waals surface area contributed by atoms with Crippen molar-refractivity contribution < 1.29 is 0 Å². The lowest BCUT2D eigenvalue weighted by molar-refractivity contribution is 0.498. The summed E-state index contributed by atoms with van der Waals surface area (Å²) in [5.74, 6) is 1.94. The van der Waals surface area contributed by atoms with Crippen molar-refractivity contribution in [2.45, 2.75) is 45.1 Å². The van der Waals surface area contributed by atoms with Gasteiger partial charge in [0.1, 0.15) is 18.0 Å². The zero-order valence-electron chi connectivity index (χ0n) is 11.8. The number of hydrogen-bond acceptors (Lipinski definition) is 5. The number of aromatic nitrogens is 2. The van der Waals surface area contributed by atoms with Gasteiger partial charge >= 0.3 is 0 Å². The van der Waals surface area contributed by atoms with E-state index in [2.05, 4.69) is 27.1 Å². The highest BCUT2D eigenvalue weighted by atomic mass is 15.2. The Morgan fingerprint density at radius 2 is 2.11 bits per heavy atom. The molecule has 2 heterocycles. The van der Waals surface area contributed by atoms with E-state index in [9.17, 15) is 0 Å². The zero-order chi connectivity index (χ0) is 13.5. The predicted molar refractivity (Wildman–Crippen MR) is 79.5 cm³/mol. The second-order valence-corrected chi connectivity index (χ2v) is 5.22. The lowest BCUT2D eigenvalue weighted by Gasteiger charge is -2.31. The molecule has 1 aromatic rings. The second-order valence-electron chi connectivity index (χ2n) is 5.22. The molecule has 0 unspecified atom stereocenters. The van der Waals surface area contributed by atoms with E-state index in [1.54, 1.807) is 6.33 Å². The molecule has 5 nitrogen and oxygen atoms in total. The Bertz CT molecular complexity index is 374. The van der Waals surface area contributed by atoms with E-state index >= 15 is 0 Å². The summed E-state index contributed by atoms with van der Waals surface area (Å²) in [7, 11) is 0. The number of nitrogens with zero attached hydrogens (tertiary/aromatic N) is 3. The van der Waals surface area contributed by atoms with Crippen molar-refractivity contribution in [3.05, 3.63) is 12.4 Å². The van der Waals surface area contributed by atoms with Crippen molar-refractivity contribution in [3.8, 4) is 0 Å². The number of unbranched alkanes of at least 4 members (excludes halogenated alkanes) is 2. The Hall–Kier alpha value is -1.36. The van der Waals surface area contributed by atoms with Gasteiger partial charge in [0.05, 0.1) is 0 Å². The molecule has 0 amide bonds. The van der Waals surface area contributed by atoms with Crippen LogP contribution in [-0.4, -0.2) is 35.6 Å². The molecule has 3 N–H and O–H groups in total. The Morgan fingerprint density at radius 3 is 2.84 bits per heavy atom. The van der Waals surface area contributed by atoms with Crippen LogP contribution in [0.15, 0.2) is 12.4 Å². The van der Waals surface area contributed by atoms with Crippen LogP contribution in [0.3, 0.4) is 0 Å². The van der Waals surface area contributed by atoms with E-state index in [0.29, 0.717) is 6.04 Å². The van der Waals surface area contributed by atoms with Crippen LogP contribution in [0.2, 0.25) is 0 Å². The van der Waals surface area contributed by atoms with Crippen LogP contribution in [-0.2, 0) is 0 Å². The fourth-order valence-corrected chi connectivity index (χ4v) is 2.34. The van der Waals surface area contributed by atoms with Gasteiger partial charge in [-0.2, -0.15) is 0 Å². The number of piperidine rings is 1. The third kappa shape index (κ3) is 4.35.